The molecule has 178 valence electrons. The van der Waals surface area contributed by atoms with E-state index >= 15 is 0 Å². The minimum Gasteiger partial charge on any atom is -0.461 e. The molecule has 0 radical (unpaired) electrons. The van der Waals surface area contributed by atoms with Gasteiger partial charge in [-0.05, 0) is 59.3 Å². The molecule has 1 aliphatic heterocycles. The van der Waals surface area contributed by atoms with Crippen molar-refractivity contribution in [1.29, 1.82) is 0 Å². The van der Waals surface area contributed by atoms with Crippen LogP contribution in [0, 0.1) is 5.92 Å². The summed E-state index contributed by atoms with van der Waals surface area (Å²) >= 11 is 0. The summed E-state index contributed by atoms with van der Waals surface area (Å²) in [5, 5.41) is 6.00. The maximum absolute atomic E-state index is 12.3. The molecule has 4 heteroatoms. The summed E-state index contributed by atoms with van der Waals surface area (Å²) in [5.41, 5.74) is 3.56. The van der Waals surface area contributed by atoms with Crippen molar-refractivity contribution in [2.24, 2.45) is 5.92 Å². The normalized spacial score (nSPS) is 21.4. The number of carbonyl (C=O) groups excluding carboxylic acids is 1. The number of rotatable bonds is 7. The summed E-state index contributed by atoms with van der Waals surface area (Å²) in [6.45, 7) is 2.84. The molecule has 3 aromatic carbocycles. The molecule has 0 spiro atoms. The van der Waals surface area contributed by atoms with Crippen molar-refractivity contribution in [2.45, 2.75) is 63.8 Å². The van der Waals surface area contributed by atoms with Crippen molar-refractivity contribution < 1.29 is 14.3 Å². The summed E-state index contributed by atoms with van der Waals surface area (Å²) in [4.78, 5) is 12.3. The second-order valence-corrected chi connectivity index (χ2v) is 9.81. The lowest BCUT2D eigenvalue weighted by atomic mass is 9.87. The summed E-state index contributed by atoms with van der Waals surface area (Å²) in [5.74, 6) is 0.438. The molecule has 2 unspecified atom stereocenters. The maximum atomic E-state index is 12.3. The number of hydrogen-bond acceptors (Lipinski definition) is 4. The van der Waals surface area contributed by atoms with Gasteiger partial charge in [-0.1, -0.05) is 79.9 Å². The summed E-state index contributed by atoms with van der Waals surface area (Å²) in [6, 6.07) is 23.6. The Bertz CT molecular complexity index is 1090. The van der Waals surface area contributed by atoms with Crippen molar-refractivity contribution in [2.75, 3.05) is 13.1 Å². The molecule has 0 aromatic heterocycles. The van der Waals surface area contributed by atoms with Crippen LogP contribution in [0.15, 0.2) is 66.7 Å². The van der Waals surface area contributed by atoms with E-state index in [-0.39, 0.29) is 18.0 Å². The Morgan fingerprint density at radius 2 is 1.59 bits per heavy atom. The molecule has 1 N–H and O–H groups in total. The second kappa shape index (κ2) is 11.2. The van der Waals surface area contributed by atoms with Crippen LogP contribution in [-0.4, -0.2) is 25.2 Å². The Morgan fingerprint density at radius 3 is 2.41 bits per heavy atom. The number of piperidine rings is 1. The molecule has 1 heterocycles. The average molecular weight is 458 g/mol. The maximum Gasteiger partial charge on any atom is 0.309 e. The van der Waals surface area contributed by atoms with Gasteiger partial charge in [0.05, 0.1) is 18.6 Å². The predicted octanol–water partition coefficient (Wildman–Crippen LogP) is 6.13. The lowest BCUT2D eigenvalue weighted by Gasteiger charge is -2.32. The van der Waals surface area contributed by atoms with Gasteiger partial charge in [-0.3, -0.25) is 4.79 Å². The summed E-state index contributed by atoms with van der Waals surface area (Å²) in [6.07, 6.45) is 6.69. The van der Waals surface area contributed by atoms with Crippen LogP contribution in [0.1, 0.15) is 61.1 Å². The Morgan fingerprint density at radius 1 is 0.824 bits per heavy atom. The number of nitrogens with one attached hydrogen (secondary N) is 1. The predicted molar refractivity (Wildman–Crippen MR) is 136 cm³/mol. The fourth-order valence-corrected chi connectivity index (χ4v) is 5.39. The van der Waals surface area contributed by atoms with Gasteiger partial charge in [-0.2, -0.15) is 0 Å². The lowest BCUT2D eigenvalue weighted by molar-refractivity contribution is -0.151. The number of esters is 1. The Hall–Kier alpha value is -2.69. The zero-order valence-corrected chi connectivity index (χ0v) is 19.9. The molecule has 1 saturated carbocycles. The van der Waals surface area contributed by atoms with Crippen LogP contribution in [0.3, 0.4) is 0 Å². The van der Waals surface area contributed by atoms with Gasteiger partial charge in [0.25, 0.3) is 0 Å². The number of carbonyl (C=O) groups is 1. The number of fused-ring (bicyclic) bond motifs is 1. The van der Waals surface area contributed by atoms with Gasteiger partial charge < -0.3 is 14.8 Å². The smallest absolute Gasteiger partial charge is 0.309 e. The van der Waals surface area contributed by atoms with E-state index in [1.807, 2.05) is 0 Å². The van der Waals surface area contributed by atoms with E-state index in [2.05, 4.69) is 72.0 Å². The highest BCUT2D eigenvalue weighted by Crippen LogP contribution is 2.29. The largest absolute Gasteiger partial charge is 0.461 e. The van der Waals surface area contributed by atoms with Crippen molar-refractivity contribution >= 4 is 16.7 Å². The Kier molecular flexibility index (Phi) is 7.57. The molecule has 2 aliphatic rings. The van der Waals surface area contributed by atoms with Gasteiger partial charge in [-0.25, -0.2) is 0 Å². The van der Waals surface area contributed by atoms with Crippen molar-refractivity contribution in [3.8, 4) is 0 Å². The van der Waals surface area contributed by atoms with Crippen LogP contribution >= 0.6 is 0 Å². The molecule has 3 aromatic rings. The monoisotopic (exact) mass is 457 g/mol. The molecular weight excluding hydrogens is 422 g/mol. The highest BCUT2D eigenvalue weighted by molar-refractivity contribution is 5.82. The van der Waals surface area contributed by atoms with Crippen LogP contribution in [-0.2, 0) is 27.5 Å². The van der Waals surface area contributed by atoms with E-state index in [1.165, 1.54) is 28.3 Å². The molecule has 1 aliphatic carbocycles. The van der Waals surface area contributed by atoms with Gasteiger partial charge in [0.15, 0.2) is 0 Å². The Labute approximate surface area is 202 Å². The minimum atomic E-state index is -0.0238. The molecular formula is C30H35NO3. The van der Waals surface area contributed by atoms with E-state index in [0.29, 0.717) is 19.1 Å². The highest BCUT2D eigenvalue weighted by atomic mass is 16.5. The van der Waals surface area contributed by atoms with E-state index in [1.54, 1.807) is 0 Å². The van der Waals surface area contributed by atoms with Crippen LogP contribution in [0.5, 0.6) is 0 Å². The van der Waals surface area contributed by atoms with Crippen molar-refractivity contribution in [3.63, 3.8) is 0 Å². The highest BCUT2D eigenvalue weighted by Gasteiger charge is 2.27. The van der Waals surface area contributed by atoms with Gasteiger partial charge >= 0.3 is 5.97 Å². The van der Waals surface area contributed by atoms with Crippen molar-refractivity contribution in [1.82, 2.24) is 5.32 Å². The molecule has 0 bridgehead atoms. The van der Waals surface area contributed by atoms with Crippen LogP contribution < -0.4 is 5.32 Å². The Balaban J connectivity index is 1.18. The van der Waals surface area contributed by atoms with Crippen LogP contribution in [0.2, 0.25) is 0 Å². The SMILES string of the molecule is O=C(OCc1ccc(C2CCNCC2OCc2ccc3ccccc3c2)cc1)C1CCCCC1. The van der Waals surface area contributed by atoms with E-state index in [4.69, 9.17) is 9.47 Å². The molecule has 2 fully saturated rings. The molecule has 4 nitrogen and oxygen atoms in total. The zero-order valence-electron chi connectivity index (χ0n) is 19.9. The molecule has 2 atom stereocenters. The fourth-order valence-electron chi connectivity index (χ4n) is 5.39. The molecule has 0 amide bonds. The molecule has 34 heavy (non-hydrogen) atoms. The van der Waals surface area contributed by atoms with Crippen LogP contribution in [0.4, 0.5) is 0 Å². The van der Waals surface area contributed by atoms with Crippen molar-refractivity contribution in [3.05, 3.63) is 83.4 Å². The summed E-state index contributed by atoms with van der Waals surface area (Å²) in [7, 11) is 0. The first-order valence-electron chi connectivity index (χ1n) is 12.8. The third-order valence-corrected chi connectivity index (χ3v) is 7.43. The average Bonchev–Trinajstić information content (AvgIpc) is 2.91. The summed E-state index contributed by atoms with van der Waals surface area (Å²) < 4.78 is 12.0. The van der Waals surface area contributed by atoms with Gasteiger partial charge in [0, 0.05) is 12.5 Å². The van der Waals surface area contributed by atoms with Crippen LogP contribution in [0.25, 0.3) is 10.8 Å². The number of ether oxygens (including phenoxy) is 2. The standard InChI is InChI=1S/C30H35NO3/c32-30(26-7-2-1-3-8-26)34-20-22-10-14-25(15-11-22)28-16-17-31-19-29(28)33-21-23-12-13-24-6-4-5-9-27(24)18-23/h4-6,9-15,18,26,28-29,31H,1-3,7-8,16-17,19-21H2. The third kappa shape index (κ3) is 5.68. The van der Waals surface area contributed by atoms with E-state index in [9.17, 15) is 4.79 Å². The zero-order chi connectivity index (χ0) is 23.2. The van der Waals surface area contributed by atoms with Gasteiger partial charge in [-0.15, -0.1) is 0 Å². The first kappa shape index (κ1) is 23.1. The molecule has 5 rings (SSSR count). The number of hydrogen-bond donors (Lipinski definition) is 1. The van der Waals surface area contributed by atoms with E-state index < -0.39 is 0 Å². The lowest BCUT2D eigenvalue weighted by Crippen LogP contribution is -2.40. The molecule has 1 saturated heterocycles. The van der Waals surface area contributed by atoms with E-state index in [0.717, 1.165) is 50.8 Å². The fraction of sp³-hybridized carbons (Fsp3) is 0.433. The first-order valence-corrected chi connectivity index (χ1v) is 12.8. The van der Waals surface area contributed by atoms with Gasteiger partial charge in [0.1, 0.15) is 6.61 Å². The topological polar surface area (TPSA) is 47.6 Å². The first-order chi connectivity index (χ1) is 16.8. The van der Waals surface area contributed by atoms with Gasteiger partial charge in [0.2, 0.25) is 0 Å². The minimum absolute atomic E-state index is 0.0238. The quantitative estimate of drug-likeness (QED) is 0.434. The third-order valence-electron chi connectivity index (χ3n) is 7.43. The second-order valence-electron chi connectivity index (χ2n) is 9.81. The number of benzene rings is 3.